The Morgan fingerprint density at radius 1 is 1.16 bits per heavy atom. The van der Waals surface area contributed by atoms with Crippen molar-refractivity contribution in [2.75, 3.05) is 24.4 Å². The molecule has 3 rings (SSSR count). The van der Waals surface area contributed by atoms with Crippen LogP contribution in [-0.2, 0) is 12.0 Å². The first kappa shape index (κ1) is 23.1. The van der Waals surface area contributed by atoms with Crippen LogP contribution in [0.2, 0.25) is 0 Å². The number of fused-ring (bicyclic) bond motifs is 1. The summed E-state index contributed by atoms with van der Waals surface area (Å²) in [7, 11) is 1.14. The lowest BCUT2D eigenvalue weighted by atomic mass is 9.74. The fraction of sp³-hybridized carbons (Fsp3) is 0.429. The molecule has 0 spiro atoms. The molecule has 5 nitrogen and oxygen atoms in total. The summed E-state index contributed by atoms with van der Waals surface area (Å²) in [5.41, 5.74) is 2.88. The number of anilines is 2. The number of aliphatic hydroxyl groups is 1. The van der Waals surface area contributed by atoms with Gasteiger partial charge in [0.15, 0.2) is 17.2 Å². The maximum Gasteiger partial charge on any atom is 0.418 e. The Balaban J connectivity index is 1.92. The van der Waals surface area contributed by atoms with Gasteiger partial charge in [-0.3, -0.25) is 0 Å². The van der Waals surface area contributed by atoms with Gasteiger partial charge in [-0.2, -0.15) is 13.2 Å². The molecule has 0 aromatic heterocycles. The molecule has 1 heterocycles. The third-order valence-corrected chi connectivity index (χ3v) is 5.44. The van der Waals surface area contributed by atoms with E-state index in [1.165, 1.54) is 13.8 Å². The molecule has 170 valence electrons. The first-order valence-electron chi connectivity index (χ1n) is 9.55. The molecule has 0 saturated carbocycles. The summed E-state index contributed by atoms with van der Waals surface area (Å²) in [6.07, 6.45) is -5.87. The van der Waals surface area contributed by atoms with Crippen molar-refractivity contribution < 1.29 is 31.8 Å². The lowest BCUT2D eigenvalue weighted by Crippen LogP contribution is -2.53. The Kier molecular flexibility index (Phi) is 6.07. The van der Waals surface area contributed by atoms with E-state index in [4.69, 9.17) is 4.74 Å². The number of halogens is 5. The molecule has 2 aromatic rings. The number of hydrogen-bond acceptors (Lipinski definition) is 5. The highest BCUT2D eigenvalue weighted by Crippen LogP contribution is 2.44. The third kappa shape index (κ3) is 4.54. The Labute approximate surface area is 176 Å². The molecular weight excluding hydrogens is 421 g/mol. The Bertz CT molecular complexity index is 965. The Hall–Kier alpha value is -2.59. The van der Waals surface area contributed by atoms with Crippen LogP contribution in [0.1, 0.15) is 31.4 Å². The van der Waals surface area contributed by atoms with Gasteiger partial charge in [0, 0.05) is 29.4 Å². The predicted octanol–water partition coefficient (Wildman–Crippen LogP) is 4.48. The molecular formula is C21H24F5N3O2. The monoisotopic (exact) mass is 445 g/mol. The maximum atomic E-state index is 14.1. The molecule has 2 aromatic carbocycles. The van der Waals surface area contributed by atoms with Gasteiger partial charge in [-0.05, 0) is 30.0 Å². The van der Waals surface area contributed by atoms with Gasteiger partial charge in [0.2, 0.25) is 0 Å². The molecule has 0 radical (unpaired) electrons. The van der Waals surface area contributed by atoms with Crippen molar-refractivity contribution >= 4 is 11.4 Å². The minimum atomic E-state index is -5.01. The molecule has 0 saturated heterocycles. The zero-order chi connectivity index (χ0) is 23.0. The van der Waals surface area contributed by atoms with Crippen LogP contribution >= 0.6 is 0 Å². The zero-order valence-electron chi connectivity index (χ0n) is 17.3. The second-order valence-electron chi connectivity index (χ2n) is 8.22. The number of hydrogen-bond donors (Lipinski definition) is 4. The van der Waals surface area contributed by atoms with Crippen molar-refractivity contribution in [1.29, 1.82) is 0 Å². The van der Waals surface area contributed by atoms with E-state index in [2.05, 4.69) is 16.2 Å². The average molecular weight is 445 g/mol. The Morgan fingerprint density at radius 3 is 2.52 bits per heavy atom. The van der Waals surface area contributed by atoms with Gasteiger partial charge < -0.3 is 20.6 Å². The van der Waals surface area contributed by atoms with Crippen LogP contribution in [0.3, 0.4) is 0 Å². The highest BCUT2D eigenvalue weighted by atomic mass is 19.4. The lowest BCUT2D eigenvalue weighted by molar-refractivity contribution is -0.260. The summed E-state index contributed by atoms with van der Waals surface area (Å²) >= 11 is 0. The van der Waals surface area contributed by atoms with Crippen LogP contribution in [0, 0.1) is 11.6 Å². The fourth-order valence-electron chi connectivity index (χ4n) is 3.89. The zero-order valence-corrected chi connectivity index (χ0v) is 17.3. The van der Waals surface area contributed by atoms with E-state index in [0.717, 1.165) is 24.4 Å². The standard InChI is InChI=1S/C21H24F5N3O2/c1-19(2,14-7-12(22)8-15(23)18(14)31-3)10-20(30,21(24,25)26)11-27-16-5-4-6-17-13(16)9-28-29-17/h4-8,27-30H,9-11H2,1-3H3. The van der Waals surface area contributed by atoms with E-state index >= 15 is 0 Å². The molecule has 0 bridgehead atoms. The molecule has 0 fully saturated rings. The number of methoxy groups -OCH3 is 1. The Morgan fingerprint density at radius 2 is 1.87 bits per heavy atom. The van der Waals surface area contributed by atoms with Crippen molar-refractivity contribution in [3.05, 3.63) is 53.1 Å². The normalized spacial score (nSPS) is 15.8. The van der Waals surface area contributed by atoms with Crippen molar-refractivity contribution in [1.82, 2.24) is 5.43 Å². The number of ether oxygens (including phenoxy) is 1. The average Bonchev–Trinajstić information content (AvgIpc) is 3.14. The van der Waals surface area contributed by atoms with Crippen molar-refractivity contribution in [3.8, 4) is 5.75 Å². The van der Waals surface area contributed by atoms with Gasteiger partial charge in [0.25, 0.3) is 0 Å². The van der Waals surface area contributed by atoms with Gasteiger partial charge in [0.1, 0.15) is 5.82 Å². The SMILES string of the molecule is COc1c(F)cc(F)cc1C(C)(C)CC(O)(CNc1cccc2c1CNN2)C(F)(F)F. The molecule has 0 aliphatic carbocycles. The summed E-state index contributed by atoms with van der Waals surface area (Å²) in [5, 5.41) is 13.4. The first-order valence-corrected chi connectivity index (χ1v) is 9.55. The number of rotatable bonds is 7. The molecule has 1 unspecified atom stereocenters. The summed E-state index contributed by atoms with van der Waals surface area (Å²) < 4.78 is 74.9. The largest absolute Gasteiger partial charge is 0.493 e. The van der Waals surface area contributed by atoms with E-state index in [1.807, 2.05) is 0 Å². The quantitative estimate of drug-likeness (QED) is 0.474. The fourth-order valence-corrected chi connectivity index (χ4v) is 3.89. The highest BCUT2D eigenvalue weighted by molar-refractivity contribution is 5.67. The van der Waals surface area contributed by atoms with E-state index < -0.39 is 41.8 Å². The minimum absolute atomic E-state index is 0.107. The first-order chi connectivity index (χ1) is 14.4. The second kappa shape index (κ2) is 8.16. The maximum absolute atomic E-state index is 14.1. The third-order valence-electron chi connectivity index (χ3n) is 5.44. The van der Waals surface area contributed by atoms with E-state index in [-0.39, 0.29) is 11.3 Å². The van der Waals surface area contributed by atoms with Gasteiger partial charge in [-0.25, -0.2) is 14.2 Å². The molecule has 0 amide bonds. The molecule has 1 aliphatic heterocycles. The second-order valence-corrected chi connectivity index (χ2v) is 8.22. The molecule has 1 atom stereocenters. The lowest BCUT2D eigenvalue weighted by Gasteiger charge is -2.38. The van der Waals surface area contributed by atoms with Crippen LogP contribution in [0.25, 0.3) is 0 Å². The molecule has 4 N–H and O–H groups in total. The molecule has 1 aliphatic rings. The topological polar surface area (TPSA) is 65.5 Å². The molecule has 31 heavy (non-hydrogen) atoms. The number of nitrogens with one attached hydrogen (secondary N) is 3. The number of hydrazine groups is 1. The van der Waals surface area contributed by atoms with Crippen molar-refractivity contribution in [2.24, 2.45) is 0 Å². The van der Waals surface area contributed by atoms with E-state index in [9.17, 15) is 27.1 Å². The highest BCUT2D eigenvalue weighted by Gasteiger charge is 2.56. The van der Waals surface area contributed by atoms with Crippen molar-refractivity contribution in [3.63, 3.8) is 0 Å². The van der Waals surface area contributed by atoms with Crippen LogP contribution in [0.4, 0.5) is 33.3 Å². The summed E-state index contributed by atoms with van der Waals surface area (Å²) in [5.74, 6) is -2.34. The van der Waals surface area contributed by atoms with Gasteiger partial charge >= 0.3 is 6.18 Å². The number of benzene rings is 2. The van der Waals surface area contributed by atoms with Crippen LogP contribution < -0.4 is 20.9 Å². The van der Waals surface area contributed by atoms with Crippen molar-refractivity contribution in [2.45, 2.75) is 44.0 Å². The van der Waals surface area contributed by atoms with Crippen LogP contribution in [-0.4, -0.2) is 30.5 Å². The van der Waals surface area contributed by atoms with E-state index in [1.54, 1.807) is 18.2 Å². The summed E-state index contributed by atoms with van der Waals surface area (Å²) in [4.78, 5) is 0. The van der Waals surface area contributed by atoms with Gasteiger partial charge in [-0.1, -0.05) is 19.9 Å². The molecule has 10 heteroatoms. The number of alkyl halides is 3. The van der Waals surface area contributed by atoms with Gasteiger partial charge in [0.05, 0.1) is 19.3 Å². The van der Waals surface area contributed by atoms with E-state index in [0.29, 0.717) is 18.3 Å². The smallest absolute Gasteiger partial charge is 0.418 e. The minimum Gasteiger partial charge on any atom is -0.493 e. The van der Waals surface area contributed by atoms with Crippen LogP contribution in [0.15, 0.2) is 30.3 Å². The van der Waals surface area contributed by atoms with Crippen LogP contribution in [0.5, 0.6) is 5.75 Å². The van der Waals surface area contributed by atoms with Gasteiger partial charge in [-0.15, -0.1) is 0 Å². The predicted molar refractivity (Wildman–Crippen MR) is 107 cm³/mol. The summed E-state index contributed by atoms with van der Waals surface area (Å²) in [6, 6.07) is 6.56. The summed E-state index contributed by atoms with van der Waals surface area (Å²) in [6.45, 7) is 2.29.